The third-order valence-corrected chi connectivity index (χ3v) is 5.08. The van der Waals surface area contributed by atoms with Crippen molar-refractivity contribution in [1.29, 1.82) is 0 Å². The second-order valence-corrected chi connectivity index (χ2v) is 7.22. The fraction of sp³-hybridized carbons (Fsp3) is 0.389. The molecule has 2 N–H and O–H groups in total. The summed E-state index contributed by atoms with van der Waals surface area (Å²) in [5, 5.41) is 7.18. The van der Waals surface area contributed by atoms with Crippen LogP contribution in [-0.2, 0) is 4.79 Å². The lowest BCUT2D eigenvalue weighted by atomic mass is 9.92. The average Bonchev–Trinajstić information content (AvgIpc) is 2.58. The number of nitrogens with zero attached hydrogens (tertiary/aromatic N) is 2. The smallest absolute Gasteiger partial charge is 0.227 e. The van der Waals surface area contributed by atoms with Gasteiger partial charge in [0, 0.05) is 34.9 Å². The van der Waals surface area contributed by atoms with Crippen molar-refractivity contribution in [3.8, 4) is 0 Å². The zero-order valence-electron chi connectivity index (χ0n) is 14.0. The summed E-state index contributed by atoms with van der Waals surface area (Å²) in [5.74, 6) is 0.214. The van der Waals surface area contributed by atoms with E-state index in [2.05, 4.69) is 33.6 Å². The van der Waals surface area contributed by atoms with E-state index in [0.717, 1.165) is 40.7 Å². The Bertz CT molecular complexity index is 707. The van der Waals surface area contributed by atoms with Gasteiger partial charge in [0.2, 0.25) is 5.91 Å². The Kier molecular flexibility index (Phi) is 5.48. The van der Waals surface area contributed by atoms with E-state index in [1.807, 2.05) is 19.1 Å². The molecule has 0 bridgehead atoms. The van der Waals surface area contributed by atoms with Gasteiger partial charge in [-0.2, -0.15) is 0 Å². The van der Waals surface area contributed by atoms with Crippen LogP contribution in [0, 0.1) is 12.8 Å². The molecule has 6 heteroatoms. The topological polar surface area (TPSA) is 66.9 Å². The number of rotatable bonds is 4. The van der Waals surface area contributed by atoms with Gasteiger partial charge in [-0.15, -0.1) is 0 Å². The van der Waals surface area contributed by atoms with E-state index in [4.69, 9.17) is 0 Å². The number of hydrogen-bond donors (Lipinski definition) is 2. The molecule has 2 heterocycles. The molecular weight excluding hydrogens is 320 g/mol. The minimum absolute atomic E-state index is 0.0902. The summed E-state index contributed by atoms with van der Waals surface area (Å²) >= 11 is 1.51. The van der Waals surface area contributed by atoms with E-state index in [1.54, 1.807) is 18.5 Å². The Labute approximate surface area is 146 Å². The number of aryl methyl sites for hydroxylation is 1. The number of anilines is 1. The number of benzene rings is 1. The molecule has 0 aliphatic carbocycles. The highest BCUT2D eigenvalue weighted by Crippen LogP contribution is 2.28. The van der Waals surface area contributed by atoms with Crippen molar-refractivity contribution in [2.24, 2.45) is 5.92 Å². The molecule has 2 atom stereocenters. The van der Waals surface area contributed by atoms with Gasteiger partial charge in [-0.1, -0.05) is 0 Å². The monoisotopic (exact) mass is 342 g/mol. The van der Waals surface area contributed by atoms with Gasteiger partial charge in [0.15, 0.2) is 5.16 Å². The van der Waals surface area contributed by atoms with Crippen molar-refractivity contribution in [3.63, 3.8) is 0 Å². The summed E-state index contributed by atoms with van der Waals surface area (Å²) in [5.41, 5.74) is 1.93. The van der Waals surface area contributed by atoms with Gasteiger partial charge in [-0.05, 0) is 74.8 Å². The molecule has 0 saturated carbocycles. The van der Waals surface area contributed by atoms with Crippen LogP contribution in [0.2, 0.25) is 0 Å². The molecule has 1 aromatic carbocycles. The van der Waals surface area contributed by atoms with Gasteiger partial charge in [0.25, 0.3) is 0 Å². The molecule has 0 unspecified atom stereocenters. The Hall–Kier alpha value is -1.92. The number of carbonyl (C=O) groups excluding carboxylic acids is 1. The first kappa shape index (κ1) is 16.9. The molecule has 1 fully saturated rings. The summed E-state index contributed by atoms with van der Waals surface area (Å²) in [4.78, 5) is 22.0. The molecule has 126 valence electrons. The number of nitrogens with one attached hydrogen (secondary N) is 2. The van der Waals surface area contributed by atoms with Crippen LogP contribution in [0.1, 0.15) is 25.3 Å². The fourth-order valence-electron chi connectivity index (χ4n) is 2.89. The van der Waals surface area contributed by atoms with Gasteiger partial charge >= 0.3 is 0 Å². The number of piperidine rings is 1. The van der Waals surface area contributed by atoms with Gasteiger partial charge in [-0.25, -0.2) is 9.97 Å². The molecule has 1 saturated heterocycles. The first-order valence-corrected chi connectivity index (χ1v) is 9.03. The van der Waals surface area contributed by atoms with Crippen LogP contribution in [0.5, 0.6) is 0 Å². The van der Waals surface area contributed by atoms with Gasteiger partial charge in [0.1, 0.15) is 0 Å². The van der Waals surface area contributed by atoms with Crippen molar-refractivity contribution >= 4 is 23.4 Å². The van der Waals surface area contributed by atoms with E-state index in [1.165, 1.54) is 11.8 Å². The predicted molar refractivity (Wildman–Crippen MR) is 96.2 cm³/mol. The lowest BCUT2D eigenvalue weighted by Gasteiger charge is -2.27. The third-order valence-electron chi connectivity index (χ3n) is 4.20. The van der Waals surface area contributed by atoms with Crippen LogP contribution >= 0.6 is 11.8 Å². The number of hydrogen-bond acceptors (Lipinski definition) is 5. The molecule has 1 aromatic heterocycles. The summed E-state index contributed by atoms with van der Waals surface area (Å²) in [7, 11) is 0. The second kappa shape index (κ2) is 7.77. The quantitative estimate of drug-likeness (QED) is 0.835. The van der Waals surface area contributed by atoms with E-state index >= 15 is 0 Å². The normalized spacial score (nSPS) is 20.6. The maximum Gasteiger partial charge on any atom is 0.227 e. The van der Waals surface area contributed by atoms with Crippen molar-refractivity contribution < 1.29 is 4.79 Å². The highest BCUT2D eigenvalue weighted by atomic mass is 32.2. The Morgan fingerprint density at radius 1 is 1.33 bits per heavy atom. The lowest BCUT2D eigenvalue weighted by molar-refractivity contribution is -0.120. The van der Waals surface area contributed by atoms with Crippen LogP contribution in [0.25, 0.3) is 0 Å². The Morgan fingerprint density at radius 2 is 2.12 bits per heavy atom. The minimum atomic E-state index is 0.0902. The summed E-state index contributed by atoms with van der Waals surface area (Å²) in [6.45, 7) is 5.05. The zero-order chi connectivity index (χ0) is 16.9. The van der Waals surface area contributed by atoms with Crippen molar-refractivity contribution in [3.05, 3.63) is 42.2 Å². The molecule has 24 heavy (non-hydrogen) atoms. The third kappa shape index (κ3) is 4.33. The molecule has 3 rings (SSSR count). The lowest BCUT2D eigenvalue weighted by Crippen LogP contribution is -2.40. The SMILES string of the molecule is Cc1cc(Sc2ncccn2)ccc1NC(=O)[C@H]1CCN[C@@H](C)C1. The molecule has 2 aromatic rings. The highest BCUT2D eigenvalue weighted by molar-refractivity contribution is 7.99. The summed E-state index contributed by atoms with van der Waals surface area (Å²) in [6.07, 6.45) is 5.26. The average molecular weight is 342 g/mol. The van der Waals surface area contributed by atoms with Crippen molar-refractivity contribution in [1.82, 2.24) is 15.3 Å². The summed E-state index contributed by atoms with van der Waals surface area (Å²) in [6, 6.07) is 8.22. The molecule has 0 spiro atoms. The molecule has 5 nitrogen and oxygen atoms in total. The molecule has 1 aliphatic heterocycles. The van der Waals surface area contributed by atoms with Crippen molar-refractivity contribution in [2.75, 3.05) is 11.9 Å². The molecule has 0 radical (unpaired) electrons. The van der Waals surface area contributed by atoms with Gasteiger partial charge in [-0.3, -0.25) is 4.79 Å². The van der Waals surface area contributed by atoms with Gasteiger partial charge < -0.3 is 10.6 Å². The number of carbonyl (C=O) groups is 1. The van der Waals surface area contributed by atoms with E-state index in [-0.39, 0.29) is 11.8 Å². The van der Waals surface area contributed by atoms with Crippen LogP contribution in [-0.4, -0.2) is 28.5 Å². The largest absolute Gasteiger partial charge is 0.326 e. The van der Waals surface area contributed by atoms with Gasteiger partial charge in [0.05, 0.1) is 0 Å². The minimum Gasteiger partial charge on any atom is -0.326 e. The molecular formula is C18H22N4OS. The van der Waals surface area contributed by atoms with Crippen LogP contribution in [0.4, 0.5) is 5.69 Å². The first-order chi connectivity index (χ1) is 11.6. The molecule has 1 aliphatic rings. The van der Waals surface area contributed by atoms with Crippen LogP contribution in [0.3, 0.4) is 0 Å². The maximum absolute atomic E-state index is 12.5. The fourth-order valence-corrected chi connectivity index (χ4v) is 3.70. The number of amides is 1. The van der Waals surface area contributed by atoms with E-state index in [9.17, 15) is 4.79 Å². The second-order valence-electron chi connectivity index (χ2n) is 6.18. The van der Waals surface area contributed by atoms with Crippen molar-refractivity contribution in [2.45, 2.75) is 42.8 Å². The molecule has 1 amide bonds. The zero-order valence-corrected chi connectivity index (χ0v) is 14.8. The van der Waals surface area contributed by atoms with E-state index in [0.29, 0.717) is 6.04 Å². The summed E-state index contributed by atoms with van der Waals surface area (Å²) < 4.78 is 0. The maximum atomic E-state index is 12.5. The number of aromatic nitrogens is 2. The first-order valence-electron chi connectivity index (χ1n) is 8.21. The van der Waals surface area contributed by atoms with Crippen LogP contribution < -0.4 is 10.6 Å². The standard InChI is InChI=1S/C18H22N4OS/c1-12-10-15(24-18-20-7-3-8-21-18)4-5-16(12)22-17(23)14-6-9-19-13(2)11-14/h3-5,7-8,10,13-14,19H,6,9,11H2,1-2H3,(H,22,23)/t13-,14-/m0/s1. The Morgan fingerprint density at radius 3 is 2.83 bits per heavy atom. The van der Waals surface area contributed by atoms with Crippen LogP contribution in [0.15, 0.2) is 46.7 Å². The predicted octanol–water partition coefficient (Wildman–Crippen LogP) is 3.26. The Balaban J connectivity index is 1.65. The highest BCUT2D eigenvalue weighted by Gasteiger charge is 2.24. The van der Waals surface area contributed by atoms with E-state index < -0.39 is 0 Å².